The van der Waals surface area contributed by atoms with E-state index in [1.165, 1.54) is 9.13 Å². The van der Waals surface area contributed by atoms with Crippen molar-refractivity contribution >= 4 is 22.6 Å². The number of hydrogen-bond acceptors (Lipinski definition) is 1. The minimum atomic E-state index is 0.166. The zero-order valence-corrected chi connectivity index (χ0v) is 9.58. The van der Waals surface area contributed by atoms with Gasteiger partial charge in [-0.05, 0) is 46.2 Å². The monoisotopic (exact) mass is 275 g/mol. The highest BCUT2D eigenvalue weighted by molar-refractivity contribution is 14.1. The molecule has 0 saturated heterocycles. The lowest BCUT2D eigenvalue weighted by atomic mass is 9.97. The second kappa shape index (κ2) is 4.23. The topological polar surface area (TPSA) is 26.0 Å². The Hall–Kier alpha value is -0.0900. The van der Waals surface area contributed by atoms with E-state index in [-0.39, 0.29) is 6.04 Å². The second-order valence-electron chi connectivity index (χ2n) is 3.32. The van der Waals surface area contributed by atoms with E-state index in [0.29, 0.717) is 5.92 Å². The molecule has 0 radical (unpaired) electrons. The Balaban J connectivity index is 2.88. The molecule has 1 rings (SSSR count). The molecule has 0 aromatic heterocycles. The van der Waals surface area contributed by atoms with Crippen molar-refractivity contribution in [1.29, 1.82) is 0 Å². The summed E-state index contributed by atoms with van der Waals surface area (Å²) in [5.41, 5.74) is 7.24. The number of halogens is 1. The molecule has 1 atom stereocenters. The third-order valence-electron chi connectivity index (χ3n) is 1.95. The zero-order valence-electron chi connectivity index (χ0n) is 7.42. The quantitative estimate of drug-likeness (QED) is 0.825. The Morgan fingerprint density at radius 2 is 2.00 bits per heavy atom. The summed E-state index contributed by atoms with van der Waals surface area (Å²) in [5.74, 6) is 0.503. The molecule has 2 heteroatoms. The Bertz CT molecular complexity index is 258. The van der Waals surface area contributed by atoms with Gasteiger partial charge in [0.25, 0.3) is 0 Å². The summed E-state index contributed by atoms with van der Waals surface area (Å²) in [6, 6.07) is 8.54. The molecule has 1 unspecified atom stereocenters. The van der Waals surface area contributed by atoms with Crippen LogP contribution < -0.4 is 5.73 Å². The molecular formula is C10H14IN. The highest BCUT2D eigenvalue weighted by Crippen LogP contribution is 2.20. The van der Waals surface area contributed by atoms with Crippen molar-refractivity contribution < 1.29 is 0 Å². The molecule has 1 aromatic rings. The SMILES string of the molecule is CC(C)C(N)c1cccc(I)c1. The van der Waals surface area contributed by atoms with E-state index in [1.807, 2.05) is 0 Å². The summed E-state index contributed by atoms with van der Waals surface area (Å²) in [4.78, 5) is 0. The van der Waals surface area contributed by atoms with E-state index < -0.39 is 0 Å². The molecule has 0 aliphatic rings. The molecule has 0 spiro atoms. The van der Waals surface area contributed by atoms with Crippen LogP contribution in [-0.4, -0.2) is 0 Å². The fourth-order valence-electron chi connectivity index (χ4n) is 1.10. The first-order valence-corrected chi connectivity index (χ1v) is 5.20. The van der Waals surface area contributed by atoms with Crippen LogP contribution in [0.25, 0.3) is 0 Å². The summed E-state index contributed by atoms with van der Waals surface area (Å²) < 4.78 is 1.25. The average Bonchev–Trinajstić information content (AvgIpc) is 2.03. The van der Waals surface area contributed by atoms with Gasteiger partial charge in [0, 0.05) is 9.61 Å². The smallest absolute Gasteiger partial charge is 0.0318 e. The maximum atomic E-state index is 6.00. The lowest BCUT2D eigenvalue weighted by Gasteiger charge is -2.15. The molecule has 0 bridgehead atoms. The van der Waals surface area contributed by atoms with Crippen molar-refractivity contribution in [3.63, 3.8) is 0 Å². The second-order valence-corrected chi connectivity index (χ2v) is 4.57. The largest absolute Gasteiger partial charge is 0.324 e. The molecule has 12 heavy (non-hydrogen) atoms. The maximum absolute atomic E-state index is 6.00. The molecule has 0 saturated carbocycles. The third-order valence-corrected chi connectivity index (χ3v) is 2.62. The predicted octanol–water partition coefficient (Wildman–Crippen LogP) is 2.95. The highest BCUT2D eigenvalue weighted by atomic mass is 127. The van der Waals surface area contributed by atoms with Gasteiger partial charge < -0.3 is 5.73 Å². The minimum absolute atomic E-state index is 0.166. The van der Waals surface area contributed by atoms with E-state index >= 15 is 0 Å². The van der Waals surface area contributed by atoms with Crippen LogP contribution in [-0.2, 0) is 0 Å². The van der Waals surface area contributed by atoms with Gasteiger partial charge in [0.15, 0.2) is 0 Å². The predicted molar refractivity (Wildman–Crippen MR) is 60.9 cm³/mol. The summed E-state index contributed by atoms with van der Waals surface area (Å²) in [6.07, 6.45) is 0. The van der Waals surface area contributed by atoms with Crippen molar-refractivity contribution in [1.82, 2.24) is 0 Å². The van der Waals surface area contributed by atoms with Crippen molar-refractivity contribution in [2.24, 2.45) is 11.7 Å². The Morgan fingerprint density at radius 1 is 1.33 bits per heavy atom. The van der Waals surface area contributed by atoms with Gasteiger partial charge in [-0.3, -0.25) is 0 Å². The average molecular weight is 275 g/mol. The maximum Gasteiger partial charge on any atom is 0.0318 e. The van der Waals surface area contributed by atoms with Gasteiger partial charge in [-0.15, -0.1) is 0 Å². The summed E-state index contributed by atoms with van der Waals surface area (Å²) >= 11 is 2.31. The van der Waals surface area contributed by atoms with E-state index in [0.717, 1.165) is 0 Å². The van der Waals surface area contributed by atoms with Gasteiger partial charge in [-0.25, -0.2) is 0 Å². The van der Waals surface area contributed by atoms with E-state index in [9.17, 15) is 0 Å². The van der Waals surface area contributed by atoms with Crippen molar-refractivity contribution in [3.8, 4) is 0 Å². The van der Waals surface area contributed by atoms with Gasteiger partial charge in [0.1, 0.15) is 0 Å². The molecule has 2 N–H and O–H groups in total. The standard InChI is InChI=1S/C10H14IN/c1-7(2)10(12)8-4-3-5-9(11)6-8/h3-7,10H,12H2,1-2H3. The first kappa shape index (κ1) is 9.99. The van der Waals surface area contributed by atoms with Crippen LogP contribution in [0, 0.1) is 9.49 Å². The Kier molecular flexibility index (Phi) is 3.53. The van der Waals surface area contributed by atoms with Gasteiger partial charge in [0.2, 0.25) is 0 Å². The lowest BCUT2D eigenvalue weighted by molar-refractivity contribution is 0.514. The Morgan fingerprint density at radius 3 is 2.50 bits per heavy atom. The van der Waals surface area contributed by atoms with Crippen LogP contribution in [0.15, 0.2) is 24.3 Å². The van der Waals surface area contributed by atoms with E-state index in [1.54, 1.807) is 0 Å². The van der Waals surface area contributed by atoms with Crippen molar-refractivity contribution in [3.05, 3.63) is 33.4 Å². The number of nitrogens with two attached hydrogens (primary N) is 1. The fourth-order valence-corrected chi connectivity index (χ4v) is 1.67. The molecule has 0 amide bonds. The van der Waals surface area contributed by atoms with Crippen LogP contribution in [0.2, 0.25) is 0 Å². The summed E-state index contributed by atoms with van der Waals surface area (Å²) in [7, 11) is 0. The Labute approximate surface area is 87.5 Å². The van der Waals surface area contributed by atoms with Gasteiger partial charge in [-0.2, -0.15) is 0 Å². The lowest BCUT2D eigenvalue weighted by Crippen LogP contribution is -2.16. The molecule has 0 heterocycles. The van der Waals surface area contributed by atoms with Crippen molar-refractivity contribution in [2.75, 3.05) is 0 Å². The first-order chi connectivity index (χ1) is 5.61. The molecule has 0 fully saturated rings. The minimum Gasteiger partial charge on any atom is -0.324 e. The van der Waals surface area contributed by atoms with E-state index in [2.05, 4.69) is 60.7 Å². The number of hydrogen-bond donors (Lipinski definition) is 1. The van der Waals surface area contributed by atoms with Gasteiger partial charge in [-0.1, -0.05) is 26.0 Å². The van der Waals surface area contributed by atoms with Crippen LogP contribution in [0.5, 0.6) is 0 Å². The molecular weight excluding hydrogens is 261 g/mol. The van der Waals surface area contributed by atoms with Gasteiger partial charge >= 0.3 is 0 Å². The normalized spacial score (nSPS) is 13.4. The van der Waals surface area contributed by atoms with Crippen molar-refractivity contribution in [2.45, 2.75) is 19.9 Å². The van der Waals surface area contributed by atoms with Crippen LogP contribution in [0.4, 0.5) is 0 Å². The number of benzene rings is 1. The van der Waals surface area contributed by atoms with Crippen LogP contribution in [0.3, 0.4) is 0 Å². The van der Waals surface area contributed by atoms with E-state index in [4.69, 9.17) is 5.73 Å². The third kappa shape index (κ3) is 2.45. The molecule has 0 aliphatic heterocycles. The zero-order chi connectivity index (χ0) is 9.14. The van der Waals surface area contributed by atoms with Gasteiger partial charge in [0.05, 0.1) is 0 Å². The molecule has 0 aliphatic carbocycles. The van der Waals surface area contributed by atoms with Crippen LogP contribution in [0.1, 0.15) is 25.5 Å². The first-order valence-electron chi connectivity index (χ1n) is 4.12. The van der Waals surface area contributed by atoms with Crippen LogP contribution >= 0.6 is 22.6 Å². The highest BCUT2D eigenvalue weighted by Gasteiger charge is 2.09. The summed E-state index contributed by atoms with van der Waals surface area (Å²) in [6.45, 7) is 4.29. The fraction of sp³-hybridized carbons (Fsp3) is 0.400. The molecule has 1 nitrogen and oxygen atoms in total. The number of rotatable bonds is 2. The summed E-state index contributed by atoms with van der Waals surface area (Å²) in [5, 5.41) is 0. The molecule has 1 aromatic carbocycles. The molecule has 66 valence electrons.